The molecule has 0 unspecified atom stereocenters. The van der Waals surface area contributed by atoms with Crippen LogP contribution in [0.4, 0.5) is 0 Å². The monoisotopic (exact) mass is 231 g/mol. The topological polar surface area (TPSA) is 29.1 Å². The van der Waals surface area contributed by atoms with Gasteiger partial charge < -0.3 is 5.32 Å². The van der Waals surface area contributed by atoms with Gasteiger partial charge in [-0.1, -0.05) is 25.4 Å². The smallest absolute Gasteiger partial charge is 0.165 e. The van der Waals surface area contributed by atoms with Crippen molar-refractivity contribution in [1.82, 2.24) is 5.32 Å². The first-order valence-electron chi connectivity index (χ1n) is 4.60. The van der Waals surface area contributed by atoms with Crippen molar-refractivity contribution in [2.45, 2.75) is 26.3 Å². The third-order valence-corrected chi connectivity index (χ3v) is 2.89. The standard InChI is InChI=1S/C10H14ClNOS/c1-7(2)12-4-3-9(13)8-5-10(11)14-6-8/h5-7,12H,3-4H2,1-2H3. The molecule has 4 heteroatoms. The summed E-state index contributed by atoms with van der Waals surface area (Å²) < 4.78 is 0.671. The van der Waals surface area contributed by atoms with E-state index in [0.29, 0.717) is 16.8 Å². The Labute approximate surface area is 93.3 Å². The van der Waals surface area contributed by atoms with Gasteiger partial charge in [-0.15, -0.1) is 11.3 Å². The molecule has 0 bridgehead atoms. The summed E-state index contributed by atoms with van der Waals surface area (Å²) in [7, 11) is 0. The summed E-state index contributed by atoms with van der Waals surface area (Å²) in [6.45, 7) is 4.85. The van der Waals surface area contributed by atoms with Crippen molar-refractivity contribution in [3.05, 3.63) is 21.3 Å². The number of halogens is 1. The van der Waals surface area contributed by atoms with Gasteiger partial charge in [-0.3, -0.25) is 4.79 Å². The molecule has 14 heavy (non-hydrogen) atoms. The third kappa shape index (κ3) is 3.78. The summed E-state index contributed by atoms with van der Waals surface area (Å²) in [5.74, 6) is 0.154. The number of hydrogen-bond donors (Lipinski definition) is 1. The van der Waals surface area contributed by atoms with E-state index in [4.69, 9.17) is 11.6 Å². The Balaban J connectivity index is 2.36. The quantitative estimate of drug-likeness (QED) is 0.790. The largest absolute Gasteiger partial charge is 0.314 e. The fourth-order valence-electron chi connectivity index (χ4n) is 1.08. The molecule has 0 aliphatic rings. The van der Waals surface area contributed by atoms with Crippen LogP contribution in [0.5, 0.6) is 0 Å². The maximum Gasteiger partial charge on any atom is 0.165 e. The van der Waals surface area contributed by atoms with Crippen LogP contribution in [-0.4, -0.2) is 18.4 Å². The van der Waals surface area contributed by atoms with Gasteiger partial charge in [0.15, 0.2) is 5.78 Å². The fourth-order valence-corrected chi connectivity index (χ4v) is 1.96. The second-order valence-corrected chi connectivity index (χ2v) is 4.96. The van der Waals surface area contributed by atoms with Crippen LogP contribution in [0.1, 0.15) is 30.6 Å². The molecule has 0 aliphatic heterocycles. The Kier molecular flexibility index (Phi) is 4.58. The van der Waals surface area contributed by atoms with Crippen LogP contribution in [0.15, 0.2) is 11.4 Å². The molecule has 0 radical (unpaired) electrons. The highest BCUT2D eigenvalue weighted by Gasteiger charge is 2.07. The molecule has 1 rings (SSSR count). The minimum atomic E-state index is 0.154. The predicted octanol–water partition coefficient (Wildman–Crippen LogP) is 2.97. The summed E-state index contributed by atoms with van der Waals surface area (Å²) in [4.78, 5) is 11.5. The Morgan fingerprint density at radius 3 is 2.86 bits per heavy atom. The Morgan fingerprint density at radius 2 is 2.36 bits per heavy atom. The first-order valence-corrected chi connectivity index (χ1v) is 5.86. The van der Waals surface area contributed by atoms with Crippen LogP contribution in [-0.2, 0) is 0 Å². The minimum absolute atomic E-state index is 0.154. The molecule has 0 aromatic carbocycles. The number of carbonyl (C=O) groups is 1. The summed E-state index contributed by atoms with van der Waals surface area (Å²) in [6, 6.07) is 2.15. The van der Waals surface area contributed by atoms with E-state index in [1.807, 2.05) is 0 Å². The van der Waals surface area contributed by atoms with Gasteiger partial charge in [0, 0.05) is 30.0 Å². The van der Waals surface area contributed by atoms with Crippen molar-refractivity contribution < 1.29 is 4.79 Å². The highest BCUT2D eigenvalue weighted by Crippen LogP contribution is 2.20. The fraction of sp³-hybridized carbons (Fsp3) is 0.500. The van der Waals surface area contributed by atoms with Gasteiger partial charge >= 0.3 is 0 Å². The predicted molar refractivity (Wildman–Crippen MR) is 61.4 cm³/mol. The normalized spacial score (nSPS) is 10.9. The van der Waals surface area contributed by atoms with Crippen molar-refractivity contribution in [1.29, 1.82) is 0 Å². The molecule has 1 aromatic heterocycles. The van der Waals surface area contributed by atoms with Crippen LogP contribution in [0.2, 0.25) is 4.34 Å². The van der Waals surface area contributed by atoms with E-state index in [-0.39, 0.29) is 5.78 Å². The van der Waals surface area contributed by atoms with Gasteiger partial charge in [-0.2, -0.15) is 0 Å². The Bertz CT molecular complexity index is 309. The van der Waals surface area contributed by atoms with E-state index in [1.165, 1.54) is 11.3 Å². The van der Waals surface area contributed by atoms with E-state index < -0.39 is 0 Å². The van der Waals surface area contributed by atoms with Gasteiger partial charge in [0.2, 0.25) is 0 Å². The molecular weight excluding hydrogens is 218 g/mol. The molecule has 0 atom stereocenters. The molecule has 0 aliphatic carbocycles. The van der Waals surface area contributed by atoms with Crippen LogP contribution in [0.25, 0.3) is 0 Å². The van der Waals surface area contributed by atoms with Crippen molar-refractivity contribution in [2.24, 2.45) is 0 Å². The van der Waals surface area contributed by atoms with Gasteiger partial charge in [-0.05, 0) is 6.07 Å². The zero-order valence-electron chi connectivity index (χ0n) is 8.34. The molecule has 0 saturated carbocycles. The lowest BCUT2D eigenvalue weighted by molar-refractivity contribution is 0.0982. The number of thiophene rings is 1. The number of carbonyl (C=O) groups excluding carboxylic acids is 1. The van der Waals surface area contributed by atoms with Crippen molar-refractivity contribution >= 4 is 28.7 Å². The molecular formula is C10H14ClNOS. The minimum Gasteiger partial charge on any atom is -0.314 e. The maximum absolute atomic E-state index is 11.5. The maximum atomic E-state index is 11.5. The molecule has 1 aromatic rings. The summed E-state index contributed by atoms with van der Waals surface area (Å²) in [5.41, 5.74) is 0.727. The lowest BCUT2D eigenvalue weighted by Gasteiger charge is -2.05. The molecule has 0 saturated heterocycles. The zero-order valence-corrected chi connectivity index (χ0v) is 9.91. The highest BCUT2D eigenvalue weighted by molar-refractivity contribution is 7.14. The molecule has 1 N–H and O–H groups in total. The van der Waals surface area contributed by atoms with Crippen LogP contribution >= 0.6 is 22.9 Å². The zero-order chi connectivity index (χ0) is 10.6. The van der Waals surface area contributed by atoms with E-state index in [9.17, 15) is 4.79 Å². The third-order valence-electron chi connectivity index (χ3n) is 1.79. The molecule has 2 nitrogen and oxygen atoms in total. The average molecular weight is 232 g/mol. The highest BCUT2D eigenvalue weighted by atomic mass is 35.5. The lowest BCUT2D eigenvalue weighted by atomic mass is 10.1. The van der Waals surface area contributed by atoms with Gasteiger partial charge in [-0.25, -0.2) is 0 Å². The second-order valence-electron chi connectivity index (χ2n) is 3.42. The van der Waals surface area contributed by atoms with Crippen molar-refractivity contribution in [2.75, 3.05) is 6.54 Å². The number of nitrogens with one attached hydrogen (secondary N) is 1. The molecule has 1 heterocycles. The van der Waals surface area contributed by atoms with Crippen molar-refractivity contribution in [3.63, 3.8) is 0 Å². The van der Waals surface area contributed by atoms with Gasteiger partial charge in [0.1, 0.15) is 0 Å². The molecule has 0 fully saturated rings. The lowest BCUT2D eigenvalue weighted by Crippen LogP contribution is -2.25. The van der Waals surface area contributed by atoms with Crippen LogP contribution in [0, 0.1) is 0 Å². The van der Waals surface area contributed by atoms with Crippen molar-refractivity contribution in [3.8, 4) is 0 Å². The number of Topliss-reactive ketones (excluding diaryl/α,β-unsaturated/α-hetero) is 1. The van der Waals surface area contributed by atoms with E-state index in [0.717, 1.165) is 12.1 Å². The molecule has 0 spiro atoms. The number of rotatable bonds is 5. The van der Waals surface area contributed by atoms with E-state index in [1.54, 1.807) is 11.4 Å². The van der Waals surface area contributed by atoms with Crippen LogP contribution in [0.3, 0.4) is 0 Å². The number of hydrogen-bond acceptors (Lipinski definition) is 3. The molecule has 78 valence electrons. The average Bonchev–Trinajstić information content (AvgIpc) is 2.51. The van der Waals surface area contributed by atoms with Crippen LogP contribution < -0.4 is 5.32 Å². The Hall–Kier alpha value is -0.380. The van der Waals surface area contributed by atoms with Gasteiger partial charge in [0.25, 0.3) is 0 Å². The first-order chi connectivity index (χ1) is 6.59. The SMILES string of the molecule is CC(C)NCCC(=O)c1csc(Cl)c1. The summed E-state index contributed by atoms with van der Waals surface area (Å²) >= 11 is 7.14. The Morgan fingerprint density at radius 1 is 1.64 bits per heavy atom. The van der Waals surface area contributed by atoms with Gasteiger partial charge in [0.05, 0.1) is 4.34 Å². The molecule has 0 amide bonds. The second kappa shape index (κ2) is 5.49. The summed E-state index contributed by atoms with van der Waals surface area (Å²) in [6.07, 6.45) is 0.533. The number of ketones is 1. The summed E-state index contributed by atoms with van der Waals surface area (Å²) in [5, 5.41) is 5.01. The first kappa shape index (κ1) is 11.7. The van der Waals surface area contributed by atoms with E-state index in [2.05, 4.69) is 19.2 Å². The van der Waals surface area contributed by atoms with E-state index >= 15 is 0 Å².